The van der Waals surface area contributed by atoms with Gasteiger partial charge in [0.05, 0.1) is 23.0 Å². The Kier molecular flexibility index (Phi) is 8.27. The molecule has 1 aliphatic carbocycles. The molecule has 0 radical (unpaired) electrons. The van der Waals surface area contributed by atoms with Crippen molar-refractivity contribution < 1.29 is 13.5 Å². The molecule has 0 amide bonds. The maximum atomic E-state index is 12.0. The molecule has 174 valence electrons. The number of pyridine rings is 1. The van der Waals surface area contributed by atoms with Gasteiger partial charge in [0.1, 0.15) is 4.90 Å². The molecule has 4 rings (SSSR count). The quantitative estimate of drug-likeness (QED) is 0.570. The second-order valence-corrected chi connectivity index (χ2v) is 10.8. The first kappa shape index (κ1) is 25.5. The van der Waals surface area contributed by atoms with Crippen molar-refractivity contribution >= 4 is 55.5 Å². The number of amidine groups is 1. The molecule has 2 heterocycles. The molecule has 0 spiro atoms. The average molecular weight is 562 g/mol. The van der Waals surface area contributed by atoms with E-state index in [1.165, 1.54) is 30.3 Å². The predicted molar refractivity (Wildman–Crippen MR) is 134 cm³/mol. The fourth-order valence-corrected chi connectivity index (χ4v) is 6.52. The number of sulfonamides is 1. The molecule has 2 aromatic rings. The van der Waals surface area contributed by atoms with Crippen LogP contribution in [0.3, 0.4) is 0 Å². The average Bonchev–Trinajstić information content (AvgIpc) is 3.10. The van der Waals surface area contributed by atoms with Crippen LogP contribution in [-0.4, -0.2) is 40.4 Å². The van der Waals surface area contributed by atoms with E-state index in [-0.39, 0.29) is 32.9 Å². The highest BCUT2D eigenvalue weighted by Crippen LogP contribution is 2.44. The summed E-state index contributed by atoms with van der Waals surface area (Å²) in [5, 5.41) is 18.0. The van der Waals surface area contributed by atoms with Crippen LogP contribution >= 0.6 is 40.3 Å². The molecule has 1 unspecified atom stereocenters. The second kappa shape index (κ2) is 10.4. The molecule has 1 saturated heterocycles. The number of nitrogens with zero attached hydrogens (tertiary/aromatic N) is 3. The van der Waals surface area contributed by atoms with E-state index in [0.29, 0.717) is 17.9 Å². The van der Waals surface area contributed by atoms with Gasteiger partial charge in [0.25, 0.3) is 0 Å². The third kappa shape index (κ3) is 5.31. The number of aliphatic imine (C=N–C) groups is 1. The molecule has 2 aliphatic rings. The van der Waals surface area contributed by atoms with Crippen LogP contribution in [0, 0.1) is 0 Å². The lowest BCUT2D eigenvalue weighted by Gasteiger charge is -2.42. The summed E-state index contributed by atoms with van der Waals surface area (Å²) < 4.78 is 24.0. The first-order valence-electron chi connectivity index (χ1n) is 10.2. The molecule has 0 bridgehead atoms. The van der Waals surface area contributed by atoms with Crippen molar-refractivity contribution in [3.8, 4) is 0 Å². The largest absolute Gasteiger partial charge is 0.366 e. The molecule has 3 N–H and O–H groups in total. The van der Waals surface area contributed by atoms with Crippen molar-refractivity contribution in [3.63, 3.8) is 0 Å². The van der Waals surface area contributed by atoms with E-state index in [2.05, 4.69) is 4.98 Å². The Morgan fingerprint density at radius 3 is 2.66 bits per heavy atom. The third-order valence-electron chi connectivity index (χ3n) is 5.75. The normalized spacial score (nSPS) is 23.3. The van der Waals surface area contributed by atoms with Crippen LogP contribution < -0.4 is 5.14 Å². The van der Waals surface area contributed by atoms with Crippen molar-refractivity contribution in [2.45, 2.75) is 55.3 Å². The highest BCUT2D eigenvalue weighted by molar-refractivity contribution is 8.93. The van der Waals surface area contributed by atoms with Gasteiger partial charge < -0.3 is 10.0 Å². The molecule has 1 atom stereocenters. The van der Waals surface area contributed by atoms with Gasteiger partial charge in [-0.1, -0.05) is 54.8 Å². The minimum atomic E-state index is -4.02. The molecule has 1 aromatic carbocycles. The summed E-state index contributed by atoms with van der Waals surface area (Å²) in [5.41, 5.74) is -0.112. The van der Waals surface area contributed by atoms with Gasteiger partial charge in [-0.25, -0.2) is 13.6 Å². The number of halogens is 2. The van der Waals surface area contributed by atoms with E-state index in [1.807, 2.05) is 23.1 Å². The highest BCUT2D eigenvalue weighted by Gasteiger charge is 2.48. The number of hydrogen-bond donors (Lipinski definition) is 2. The summed E-state index contributed by atoms with van der Waals surface area (Å²) in [6, 6.07) is 10.3. The van der Waals surface area contributed by atoms with Gasteiger partial charge in [-0.05, 0) is 37.1 Å². The Balaban J connectivity index is 0.00000289. The van der Waals surface area contributed by atoms with Gasteiger partial charge in [0.2, 0.25) is 10.0 Å². The van der Waals surface area contributed by atoms with Gasteiger partial charge in [-0.2, -0.15) is 0 Å². The molecule has 32 heavy (non-hydrogen) atoms. The smallest absolute Gasteiger partial charge is 0.239 e. The number of benzene rings is 1. The van der Waals surface area contributed by atoms with E-state index in [4.69, 9.17) is 21.7 Å². The molecule has 1 aromatic heterocycles. The number of thioether (sulfide) groups is 1. The third-order valence-corrected chi connectivity index (χ3v) is 8.27. The minimum absolute atomic E-state index is 0. The summed E-state index contributed by atoms with van der Waals surface area (Å²) in [6.07, 6.45) is 6.96. The van der Waals surface area contributed by atoms with E-state index in [9.17, 15) is 13.5 Å². The molecule has 7 nitrogen and oxygen atoms in total. The standard InChI is InChI=1S/C21H25ClN4O3S2.BrH/c22-18-10-9-15(12-19(18)31(23,28)29)21(27)14-30-20(25-13-16-6-4-5-11-24-16)26(21)17-7-2-1-3-8-17;/h4-6,9-12,17,27H,1-3,7-8,13-14H2,(H2,23,28,29);1H. The first-order chi connectivity index (χ1) is 14.8. The summed E-state index contributed by atoms with van der Waals surface area (Å²) in [4.78, 5) is 10.9. The summed E-state index contributed by atoms with van der Waals surface area (Å²) in [5.74, 6) is 0.330. The first-order valence-corrected chi connectivity index (χ1v) is 13.1. The zero-order chi connectivity index (χ0) is 22.1. The number of aromatic nitrogens is 1. The number of nitrogens with two attached hydrogens (primary N) is 1. The van der Waals surface area contributed by atoms with Gasteiger partial charge in [-0.15, -0.1) is 17.0 Å². The van der Waals surface area contributed by atoms with Crippen LogP contribution in [0.25, 0.3) is 0 Å². The number of rotatable bonds is 5. The van der Waals surface area contributed by atoms with Crippen molar-refractivity contribution in [2.75, 3.05) is 5.75 Å². The monoisotopic (exact) mass is 560 g/mol. The Morgan fingerprint density at radius 1 is 1.25 bits per heavy atom. The van der Waals surface area contributed by atoms with Gasteiger partial charge in [0, 0.05) is 17.8 Å². The molecule has 1 aliphatic heterocycles. The van der Waals surface area contributed by atoms with Gasteiger partial charge >= 0.3 is 0 Å². The summed E-state index contributed by atoms with van der Waals surface area (Å²) in [7, 11) is -4.02. The molecule has 2 fully saturated rings. The summed E-state index contributed by atoms with van der Waals surface area (Å²) >= 11 is 7.54. The Morgan fingerprint density at radius 2 is 2.00 bits per heavy atom. The lowest BCUT2D eigenvalue weighted by molar-refractivity contribution is -0.0736. The lowest BCUT2D eigenvalue weighted by atomic mass is 9.91. The predicted octanol–water partition coefficient (Wildman–Crippen LogP) is 4.04. The number of primary sulfonamides is 1. The van der Waals surface area contributed by atoms with Crippen molar-refractivity contribution in [2.24, 2.45) is 10.1 Å². The van der Waals surface area contributed by atoms with E-state index in [1.54, 1.807) is 12.3 Å². The topological polar surface area (TPSA) is 109 Å². The Labute approximate surface area is 208 Å². The maximum Gasteiger partial charge on any atom is 0.239 e. The Bertz CT molecular complexity index is 1080. The summed E-state index contributed by atoms with van der Waals surface area (Å²) in [6.45, 7) is 0.408. The SMILES string of the molecule is Br.NS(=O)(=O)c1cc(C2(O)CSC(=NCc3ccccn3)N2C2CCCCC2)ccc1Cl. The lowest BCUT2D eigenvalue weighted by Crippen LogP contribution is -2.51. The van der Waals surface area contributed by atoms with Crippen LogP contribution in [0.15, 0.2) is 52.5 Å². The van der Waals surface area contributed by atoms with Crippen molar-refractivity contribution in [1.29, 1.82) is 0 Å². The minimum Gasteiger partial charge on any atom is -0.366 e. The van der Waals surface area contributed by atoms with Crippen LogP contribution in [0.1, 0.15) is 43.4 Å². The van der Waals surface area contributed by atoms with Crippen LogP contribution in [0.5, 0.6) is 0 Å². The van der Waals surface area contributed by atoms with Crippen molar-refractivity contribution in [3.05, 3.63) is 58.9 Å². The fraction of sp³-hybridized carbons (Fsp3) is 0.429. The maximum absolute atomic E-state index is 12.0. The number of hydrogen-bond acceptors (Lipinski definition) is 6. The zero-order valence-corrected chi connectivity index (χ0v) is 21.5. The number of aliphatic hydroxyl groups is 1. The van der Waals surface area contributed by atoms with E-state index in [0.717, 1.165) is 36.5 Å². The van der Waals surface area contributed by atoms with E-state index >= 15 is 0 Å². The second-order valence-electron chi connectivity index (χ2n) is 7.88. The van der Waals surface area contributed by atoms with E-state index < -0.39 is 15.7 Å². The van der Waals surface area contributed by atoms with Crippen LogP contribution in [-0.2, 0) is 22.3 Å². The van der Waals surface area contributed by atoms with Gasteiger partial charge in [0.15, 0.2) is 10.9 Å². The molecule has 1 saturated carbocycles. The van der Waals surface area contributed by atoms with Crippen LogP contribution in [0.2, 0.25) is 5.02 Å². The molecular formula is C21H26BrClN4O3S2. The fourth-order valence-electron chi connectivity index (χ4n) is 4.21. The zero-order valence-electron chi connectivity index (χ0n) is 17.4. The van der Waals surface area contributed by atoms with Crippen molar-refractivity contribution in [1.82, 2.24) is 9.88 Å². The van der Waals surface area contributed by atoms with Gasteiger partial charge in [-0.3, -0.25) is 9.98 Å². The highest BCUT2D eigenvalue weighted by atomic mass is 79.9. The Hall–Kier alpha value is -1.17. The molecular weight excluding hydrogens is 536 g/mol. The molecule has 11 heteroatoms. The van der Waals surface area contributed by atoms with Crippen LogP contribution in [0.4, 0.5) is 0 Å².